The fourth-order valence-electron chi connectivity index (χ4n) is 1.44. The number of aliphatic hydroxyl groups excluding tert-OH is 1. The van der Waals surface area contributed by atoms with E-state index in [1.165, 1.54) is 0 Å². The summed E-state index contributed by atoms with van der Waals surface area (Å²) in [6.45, 7) is 2.16. The van der Waals surface area contributed by atoms with Crippen molar-refractivity contribution in [3.8, 4) is 0 Å². The van der Waals surface area contributed by atoms with Gasteiger partial charge in [0.05, 0.1) is 19.8 Å². The average molecular weight is 288 g/mol. The highest BCUT2D eigenvalue weighted by atomic mass is 35.5. The summed E-state index contributed by atoms with van der Waals surface area (Å²) in [5.74, 6) is 0.0267. The number of nitrogens with one attached hydrogen (secondary N) is 1. The third-order valence-corrected chi connectivity index (χ3v) is 2.78. The number of nitrogens with two attached hydrogens (primary N) is 1. The molecule has 106 valence electrons. The Bertz CT molecular complexity index is 427. The molecule has 0 bridgehead atoms. The summed E-state index contributed by atoms with van der Waals surface area (Å²) in [5, 5.41) is 23.7. The molecule has 0 saturated heterocycles. The summed E-state index contributed by atoms with van der Waals surface area (Å²) in [6.07, 6.45) is 0. The topological polar surface area (TPSA) is 100 Å². The van der Waals surface area contributed by atoms with Gasteiger partial charge in [0.25, 0.3) is 0 Å². The molecule has 0 unspecified atom stereocenters. The molecule has 0 atom stereocenters. The van der Waals surface area contributed by atoms with E-state index in [0.717, 1.165) is 5.56 Å². The summed E-state index contributed by atoms with van der Waals surface area (Å²) in [7, 11) is 0. The van der Waals surface area contributed by atoms with Crippen LogP contribution in [0.15, 0.2) is 23.4 Å². The van der Waals surface area contributed by atoms with Crippen molar-refractivity contribution in [3.05, 3.63) is 34.3 Å². The third kappa shape index (κ3) is 5.44. The number of ether oxygens (including phenoxy) is 1. The third-order valence-electron chi connectivity index (χ3n) is 2.43. The van der Waals surface area contributed by atoms with Gasteiger partial charge in [-0.1, -0.05) is 28.9 Å². The zero-order valence-electron chi connectivity index (χ0n) is 10.5. The second-order valence-electron chi connectivity index (χ2n) is 3.80. The Morgan fingerprint density at radius 2 is 2.21 bits per heavy atom. The lowest BCUT2D eigenvalue weighted by atomic mass is 10.1. The molecule has 1 aromatic rings. The van der Waals surface area contributed by atoms with Crippen LogP contribution >= 0.6 is 11.6 Å². The molecule has 1 aromatic carbocycles. The van der Waals surface area contributed by atoms with Crippen LogP contribution in [-0.4, -0.2) is 42.5 Å². The summed E-state index contributed by atoms with van der Waals surface area (Å²) >= 11 is 6.10. The van der Waals surface area contributed by atoms with Gasteiger partial charge in [-0.2, -0.15) is 0 Å². The van der Waals surface area contributed by atoms with Gasteiger partial charge in [-0.25, -0.2) is 0 Å². The van der Waals surface area contributed by atoms with Crippen molar-refractivity contribution in [1.29, 1.82) is 0 Å². The van der Waals surface area contributed by atoms with Crippen LogP contribution in [0.5, 0.6) is 0 Å². The molecule has 0 aliphatic heterocycles. The largest absolute Gasteiger partial charge is 0.409 e. The Labute approximate surface area is 116 Å². The molecule has 0 radical (unpaired) electrons. The Hall–Kier alpha value is -1.34. The predicted molar refractivity (Wildman–Crippen MR) is 73.6 cm³/mol. The SMILES string of the molecule is N/C(=N/O)c1ccc(CNCCOCCO)c(Cl)c1. The first-order valence-corrected chi connectivity index (χ1v) is 6.22. The number of nitrogens with zero attached hydrogens (tertiary/aromatic N) is 1. The summed E-state index contributed by atoms with van der Waals surface area (Å²) in [6, 6.07) is 5.20. The van der Waals surface area contributed by atoms with E-state index in [1.54, 1.807) is 12.1 Å². The molecule has 0 aromatic heterocycles. The van der Waals surface area contributed by atoms with Crippen LogP contribution in [0, 0.1) is 0 Å². The monoisotopic (exact) mass is 287 g/mol. The van der Waals surface area contributed by atoms with Crippen LogP contribution in [0.1, 0.15) is 11.1 Å². The van der Waals surface area contributed by atoms with Crippen LogP contribution in [0.2, 0.25) is 5.02 Å². The molecule has 0 aliphatic carbocycles. The van der Waals surface area contributed by atoms with E-state index in [9.17, 15) is 0 Å². The van der Waals surface area contributed by atoms with Crippen molar-refractivity contribution in [2.75, 3.05) is 26.4 Å². The van der Waals surface area contributed by atoms with Gasteiger partial charge < -0.3 is 26.1 Å². The van der Waals surface area contributed by atoms with E-state index >= 15 is 0 Å². The van der Waals surface area contributed by atoms with Gasteiger partial charge >= 0.3 is 0 Å². The quantitative estimate of drug-likeness (QED) is 0.184. The molecule has 19 heavy (non-hydrogen) atoms. The Morgan fingerprint density at radius 1 is 1.42 bits per heavy atom. The van der Waals surface area contributed by atoms with E-state index in [-0.39, 0.29) is 12.4 Å². The minimum Gasteiger partial charge on any atom is -0.409 e. The minimum absolute atomic E-state index is 0.0267. The van der Waals surface area contributed by atoms with Gasteiger partial charge in [0.15, 0.2) is 5.84 Å². The standard InChI is InChI=1S/C12H18ClN3O3/c13-11-7-9(12(14)16-18)1-2-10(11)8-15-3-5-19-6-4-17/h1-2,7,15,17-18H,3-6,8H2,(H2,14,16). The molecule has 6 nitrogen and oxygen atoms in total. The first-order chi connectivity index (χ1) is 9.19. The smallest absolute Gasteiger partial charge is 0.170 e. The molecule has 0 saturated carbocycles. The van der Waals surface area contributed by atoms with Gasteiger partial charge in [-0.15, -0.1) is 0 Å². The molecule has 0 spiro atoms. The first-order valence-electron chi connectivity index (χ1n) is 5.84. The molecule has 0 amide bonds. The zero-order chi connectivity index (χ0) is 14.1. The lowest BCUT2D eigenvalue weighted by molar-refractivity contribution is 0.0938. The molecule has 0 aliphatic rings. The van der Waals surface area contributed by atoms with E-state index < -0.39 is 0 Å². The highest BCUT2D eigenvalue weighted by Gasteiger charge is 2.04. The van der Waals surface area contributed by atoms with Gasteiger partial charge in [0.1, 0.15) is 0 Å². The van der Waals surface area contributed by atoms with E-state index in [4.69, 9.17) is 32.4 Å². The van der Waals surface area contributed by atoms with Gasteiger partial charge in [-0.05, 0) is 11.6 Å². The molecule has 1 rings (SSSR count). The van der Waals surface area contributed by atoms with E-state index in [0.29, 0.717) is 36.9 Å². The number of aliphatic hydroxyl groups is 1. The normalized spacial score (nSPS) is 11.8. The van der Waals surface area contributed by atoms with Crippen LogP contribution < -0.4 is 11.1 Å². The number of oxime groups is 1. The number of hydrogen-bond donors (Lipinski definition) is 4. The highest BCUT2D eigenvalue weighted by Crippen LogP contribution is 2.17. The Morgan fingerprint density at radius 3 is 2.84 bits per heavy atom. The second kappa shape index (κ2) is 8.71. The molecular formula is C12H18ClN3O3. The molecular weight excluding hydrogens is 270 g/mol. The lowest BCUT2D eigenvalue weighted by Gasteiger charge is -2.08. The van der Waals surface area contributed by atoms with Gasteiger partial charge in [0.2, 0.25) is 0 Å². The average Bonchev–Trinajstić information content (AvgIpc) is 2.43. The lowest BCUT2D eigenvalue weighted by Crippen LogP contribution is -2.20. The van der Waals surface area contributed by atoms with Crippen molar-refractivity contribution in [2.24, 2.45) is 10.9 Å². The fraction of sp³-hybridized carbons (Fsp3) is 0.417. The highest BCUT2D eigenvalue weighted by molar-refractivity contribution is 6.31. The maximum atomic E-state index is 8.57. The van der Waals surface area contributed by atoms with Gasteiger partial charge in [-0.3, -0.25) is 0 Å². The number of amidine groups is 1. The van der Waals surface area contributed by atoms with E-state index in [1.807, 2.05) is 6.07 Å². The maximum absolute atomic E-state index is 8.57. The molecule has 0 heterocycles. The predicted octanol–water partition coefficient (Wildman–Crippen LogP) is 0.533. The van der Waals surface area contributed by atoms with Crippen molar-refractivity contribution in [1.82, 2.24) is 5.32 Å². The summed E-state index contributed by atoms with van der Waals surface area (Å²) in [4.78, 5) is 0. The second-order valence-corrected chi connectivity index (χ2v) is 4.21. The Balaban J connectivity index is 2.43. The van der Waals surface area contributed by atoms with Gasteiger partial charge in [0, 0.05) is 23.7 Å². The number of hydrogen-bond acceptors (Lipinski definition) is 5. The molecule has 0 fully saturated rings. The summed E-state index contributed by atoms with van der Waals surface area (Å²) in [5.41, 5.74) is 6.96. The molecule has 5 N–H and O–H groups in total. The summed E-state index contributed by atoms with van der Waals surface area (Å²) < 4.78 is 5.11. The van der Waals surface area contributed by atoms with Crippen molar-refractivity contribution >= 4 is 17.4 Å². The van der Waals surface area contributed by atoms with E-state index in [2.05, 4.69) is 10.5 Å². The van der Waals surface area contributed by atoms with Crippen LogP contribution in [0.25, 0.3) is 0 Å². The first kappa shape index (κ1) is 15.7. The maximum Gasteiger partial charge on any atom is 0.170 e. The number of halogens is 1. The fourth-order valence-corrected chi connectivity index (χ4v) is 1.69. The number of rotatable bonds is 8. The van der Waals surface area contributed by atoms with Crippen molar-refractivity contribution in [2.45, 2.75) is 6.54 Å². The van der Waals surface area contributed by atoms with Crippen molar-refractivity contribution in [3.63, 3.8) is 0 Å². The number of benzene rings is 1. The van der Waals surface area contributed by atoms with Crippen LogP contribution in [0.4, 0.5) is 0 Å². The van der Waals surface area contributed by atoms with Crippen molar-refractivity contribution < 1.29 is 15.1 Å². The van der Waals surface area contributed by atoms with Crippen LogP contribution in [-0.2, 0) is 11.3 Å². The zero-order valence-corrected chi connectivity index (χ0v) is 11.2. The van der Waals surface area contributed by atoms with Crippen LogP contribution in [0.3, 0.4) is 0 Å². The molecule has 7 heteroatoms. The Kier molecular flexibility index (Phi) is 7.20. The minimum atomic E-state index is 0.0267.